The van der Waals surface area contributed by atoms with Gasteiger partial charge in [0.15, 0.2) is 6.04 Å². The summed E-state index contributed by atoms with van der Waals surface area (Å²) in [4.78, 5) is 23.6. The normalized spacial score (nSPS) is 12.4. The minimum Gasteiger partial charge on any atom is -0.464 e. The molecule has 1 N–H and O–H groups in total. The molecule has 0 aliphatic carbocycles. The predicted octanol–water partition coefficient (Wildman–Crippen LogP) is 1.61. The molecular formula is C13H19N3O4. The molecule has 7 nitrogen and oxygen atoms in total. The van der Waals surface area contributed by atoms with Crippen LogP contribution in [0.15, 0.2) is 18.3 Å². The second-order valence-electron chi connectivity index (χ2n) is 4.98. The Kier molecular flexibility index (Phi) is 5.42. The molecule has 0 saturated carbocycles. The van der Waals surface area contributed by atoms with Gasteiger partial charge in [-0.15, -0.1) is 0 Å². The maximum atomic E-state index is 11.9. The van der Waals surface area contributed by atoms with E-state index in [9.17, 15) is 9.59 Å². The minimum atomic E-state index is -1.04. The van der Waals surface area contributed by atoms with Gasteiger partial charge in [0.1, 0.15) is 5.60 Å². The van der Waals surface area contributed by atoms with Crippen LogP contribution in [0.25, 0.3) is 0 Å². The van der Waals surface area contributed by atoms with E-state index in [2.05, 4.69) is 15.5 Å². The molecule has 20 heavy (non-hydrogen) atoms. The molecule has 0 bridgehead atoms. The van der Waals surface area contributed by atoms with Gasteiger partial charge < -0.3 is 14.8 Å². The molecule has 1 unspecified atom stereocenters. The van der Waals surface area contributed by atoms with Gasteiger partial charge in [0.2, 0.25) is 0 Å². The summed E-state index contributed by atoms with van der Waals surface area (Å²) in [7, 11) is 0. The van der Waals surface area contributed by atoms with Gasteiger partial charge in [-0.25, -0.2) is 9.59 Å². The number of hydrogen-bond donors (Lipinski definition) is 1. The van der Waals surface area contributed by atoms with E-state index in [0.717, 1.165) is 0 Å². The number of nitrogens with one attached hydrogen (secondary N) is 1. The first-order valence-electron chi connectivity index (χ1n) is 6.27. The summed E-state index contributed by atoms with van der Waals surface area (Å²) in [6, 6.07) is 2.15. The lowest BCUT2D eigenvalue weighted by molar-refractivity contribution is -0.146. The molecule has 0 fully saturated rings. The van der Waals surface area contributed by atoms with Crippen molar-refractivity contribution >= 4 is 12.1 Å². The average molecular weight is 281 g/mol. The maximum absolute atomic E-state index is 11.9. The topological polar surface area (TPSA) is 90.4 Å². The third kappa shape index (κ3) is 5.21. The first-order chi connectivity index (χ1) is 9.33. The minimum absolute atomic E-state index is 0.200. The van der Waals surface area contributed by atoms with Crippen molar-refractivity contribution in [2.75, 3.05) is 6.61 Å². The van der Waals surface area contributed by atoms with Crippen LogP contribution in [-0.4, -0.2) is 34.5 Å². The van der Waals surface area contributed by atoms with E-state index in [4.69, 9.17) is 9.47 Å². The highest BCUT2D eigenvalue weighted by Crippen LogP contribution is 2.13. The zero-order valence-electron chi connectivity index (χ0n) is 12.0. The SMILES string of the molecule is CCOC(=O)C(NC(=O)OC(C)(C)C)c1cccnn1. The summed E-state index contributed by atoms with van der Waals surface area (Å²) in [5.74, 6) is -0.612. The molecule has 110 valence electrons. The monoisotopic (exact) mass is 281 g/mol. The number of rotatable bonds is 4. The number of ether oxygens (including phenoxy) is 2. The van der Waals surface area contributed by atoms with Crippen LogP contribution in [0.2, 0.25) is 0 Å². The Morgan fingerprint density at radius 2 is 2.10 bits per heavy atom. The van der Waals surface area contributed by atoms with Gasteiger partial charge in [-0.05, 0) is 39.8 Å². The molecule has 0 radical (unpaired) electrons. The summed E-state index contributed by atoms with van der Waals surface area (Å²) < 4.78 is 10.0. The van der Waals surface area contributed by atoms with Gasteiger partial charge in [0.25, 0.3) is 0 Å². The van der Waals surface area contributed by atoms with E-state index in [0.29, 0.717) is 0 Å². The highest BCUT2D eigenvalue weighted by atomic mass is 16.6. The Bertz CT molecular complexity index is 456. The largest absolute Gasteiger partial charge is 0.464 e. The zero-order valence-corrected chi connectivity index (χ0v) is 12.0. The summed E-state index contributed by atoms with van der Waals surface area (Å²) in [5, 5.41) is 9.93. The number of aromatic nitrogens is 2. The summed E-state index contributed by atoms with van der Waals surface area (Å²) in [6.07, 6.45) is 0.750. The van der Waals surface area contributed by atoms with E-state index >= 15 is 0 Å². The molecule has 1 atom stereocenters. The number of esters is 1. The third-order valence-corrected chi connectivity index (χ3v) is 2.07. The molecule has 0 aliphatic heterocycles. The molecule has 0 saturated heterocycles. The lowest BCUT2D eigenvalue weighted by Gasteiger charge is -2.22. The Morgan fingerprint density at radius 1 is 1.40 bits per heavy atom. The first kappa shape index (κ1) is 15.9. The molecule has 7 heteroatoms. The van der Waals surface area contributed by atoms with Crippen LogP contribution in [0.3, 0.4) is 0 Å². The molecule has 1 heterocycles. The van der Waals surface area contributed by atoms with Crippen molar-refractivity contribution in [2.24, 2.45) is 0 Å². The van der Waals surface area contributed by atoms with Crippen LogP contribution in [0.1, 0.15) is 39.4 Å². The van der Waals surface area contributed by atoms with Gasteiger partial charge in [0, 0.05) is 6.20 Å². The van der Waals surface area contributed by atoms with Gasteiger partial charge >= 0.3 is 12.1 Å². The van der Waals surface area contributed by atoms with Crippen LogP contribution in [-0.2, 0) is 14.3 Å². The van der Waals surface area contributed by atoms with Crippen molar-refractivity contribution < 1.29 is 19.1 Å². The van der Waals surface area contributed by atoms with Gasteiger partial charge in [-0.1, -0.05) is 0 Å². The Hall–Kier alpha value is -2.18. The molecule has 0 aliphatic rings. The number of nitrogens with zero attached hydrogens (tertiary/aromatic N) is 2. The van der Waals surface area contributed by atoms with Crippen LogP contribution < -0.4 is 5.32 Å². The first-order valence-corrected chi connectivity index (χ1v) is 6.27. The van der Waals surface area contributed by atoms with Crippen molar-refractivity contribution in [3.63, 3.8) is 0 Å². The fourth-order valence-electron chi connectivity index (χ4n) is 1.37. The van der Waals surface area contributed by atoms with Crippen molar-refractivity contribution in [3.8, 4) is 0 Å². The van der Waals surface area contributed by atoms with Crippen LogP contribution in [0.4, 0.5) is 4.79 Å². The Balaban J connectivity index is 2.84. The number of hydrogen-bond acceptors (Lipinski definition) is 6. The Morgan fingerprint density at radius 3 is 2.60 bits per heavy atom. The standard InChI is InChI=1S/C13H19N3O4/c1-5-19-11(17)10(9-7-6-8-14-16-9)15-12(18)20-13(2,3)4/h6-8,10H,5H2,1-4H3,(H,15,18). The lowest BCUT2D eigenvalue weighted by Crippen LogP contribution is -2.39. The van der Waals surface area contributed by atoms with Gasteiger partial charge in [-0.3, -0.25) is 0 Å². The van der Waals surface area contributed by atoms with Crippen molar-refractivity contribution in [2.45, 2.75) is 39.3 Å². The molecule has 1 amide bonds. The second kappa shape index (κ2) is 6.83. The molecule has 0 aromatic carbocycles. The summed E-state index contributed by atoms with van der Waals surface area (Å²) >= 11 is 0. The number of alkyl carbamates (subject to hydrolysis) is 1. The van der Waals surface area contributed by atoms with Crippen molar-refractivity contribution in [3.05, 3.63) is 24.0 Å². The van der Waals surface area contributed by atoms with E-state index in [1.54, 1.807) is 39.8 Å². The van der Waals surface area contributed by atoms with E-state index in [-0.39, 0.29) is 12.3 Å². The molecular weight excluding hydrogens is 262 g/mol. The van der Waals surface area contributed by atoms with Crippen LogP contribution in [0, 0.1) is 0 Å². The van der Waals surface area contributed by atoms with E-state index in [1.807, 2.05) is 0 Å². The maximum Gasteiger partial charge on any atom is 0.408 e. The highest BCUT2D eigenvalue weighted by Gasteiger charge is 2.28. The molecule has 1 aromatic rings. The lowest BCUT2D eigenvalue weighted by atomic mass is 10.2. The molecule has 1 aromatic heterocycles. The van der Waals surface area contributed by atoms with Crippen LogP contribution in [0.5, 0.6) is 0 Å². The third-order valence-electron chi connectivity index (χ3n) is 2.07. The summed E-state index contributed by atoms with van der Waals surface area (Å²) in [5.41, 5.74) is -0.372. The fourth-order valence-corrected chi connectivity index (χ4v) is 1.37. The van der Waals surface area contributed by atoms with Gasteiger partial charge in [0.05, 0.1) is 12.3 Å². The highest BCUT2D eigenvalue weighted by molar-refractivity contribution is 5.82. The van der Waals surface area contributed by atoms with E-state index in [1.165, 1.54) is 6.20 Å². The van der Waals surface area contributed by atoms with Crippen molar-refractivity contribution in [1.29, 1.82) is 0 Å². The smallest absolute Gasteiger partial charge is 0.408 e. The van der Waals surface area contributed by atoms with Crippen molar-refractivity contribution in [1.82, 2.24) is 15.5 Å². The second-order valence-corrected chi connectivity index (χ2v) is 4.98. The quantitative estimate of drug-likeness (QED) is 0.843. The number of amides is 1. The predicted molar refractivity (Wildman–Crippen MR) is 70.8 cm³/mol. The fraction of sp³-hybridized carbons (Fsp3) is 0.538. The van der Waals surface area contributed by atoms with Crippen LogP contribution >= 0.6 is 0 Å². The number of carbonyl (C=O) groups excluding carboxylic acids is 2. The molecule has 0 spiro atoms. The molecule has 1 rings (SSSR count). The zero-order chi connectivity index (χ0) is 15.2. The van der Waals surface area contributed by atoms with Gasteiger partial charge in [-0.2, -0.15) is 10.2 Å². The summed E-state index contributed by atoms with van der Waals surface area (Å²) in [6.45, 7) is 7.07. The number of carbonyl (C=O) groups is 2. The van der Waals surface area contributed by atoms with E-state index < -0.39 is 23.7 Å². The Labute approximate surface area is 117 Å². The average Bonchev–Trinajstić information content (AvgIpc) is 2.35.